The first kappa shape index (κ1) is 17.5. The predicted octanol–water partition coefficient (Wildman–Crippen LogP) is 3.67. The van der Waals surface area contributed by atoms with Gasteiger partial charge in [-0.15, -0.1) is 0 Å². The molecule has 0 spiro atoms. The van der Waals surface area contributed by atoms with Crippen LogP contribution >= 0.6 is 0 Å². The standard InChI is InChI=1S/C18H13F3N2O3/c19-18(20,21)15(11-5-2-1-3-6-11)23-17(25)12-8-9-13(22-16(12)24)14-7-4-10-26-14/h1-10,15H,(H,22,24)(H,23,25). The Hall–Kier alpha value is -3.29. The molecule has 8 heteroatoms. The molecule has 1 aromatic carbocycles. The molecular weight excluding hydrogens is 349 g/mol. The summed E-state index contributed by atoms with van der Waals surface area (Å²) in [5.74, 6) is -0.755. The van der Waals surface area contributed by atoms with Crippen molar-refractivity contribution in [2.24, 2.45) is 0 Å². The Labute approximate surface area is 145 Å². The van der Waals surface area contributed by atoms with Crippen LogP contribution in [-0.4, -0.2) is 17.1 Å². The molecule has 0 saturated heterocycles. The Bertz CT molecular complexity index is 948. The van der Waals surface area contributed by atoms with Crippen LogP contribution in [0.3, 0.4) is 0 Å². The molecule has 2 aromatic heterocycles. The van der Waals surface area contributed by atoms with E-state index in [4.69, 9.17) is 4.42 Å². The SMILES string of the molecule is O=C(NC(c1ccccc1)C(F)(F)F)c1ccc(-c2ccco2)[nH]c1=O. The summed E-state index contributed by atoms with van der Waals surface area (Å²) in [6, 6.07) is 10.5. The fourth-order valence-electron chi connectivity index (χ4n) is 2.44. The highest BCUT2D eigenvalue weighted by atomic mass is 19.4. The molecule has 1 unspecified atom stereocenters. The van der Waals surface area contributed by atoms with Crippen molar-refractivity contribution >= 4 is 5.91 Å². The van der Waals surface area contributed by atoms with Crippen molar-refractivity contribution < 1.29 is 22.4 Å². The van der Waals surface area contributed by atoms with Crippen molar-refractivity contribution in [1.82, 2.24) is 10.3 Å². The number of alkyl halides is 3. The number of carbonyl (C=O) groups is 1. The lowest BCUT2D eigenvalue weighted by Gasteiger charge is -2.22. The maximum absolute atomic E-state index is 13.3. The van der Waals surface area contributed by atoms with Gasteiger partial charge in [0.15, 0.2) is 6.04 Å². The lowest BCUT2D eigenvalue weighted by Crippen LogP contribution is -2.40. The van der Waals surface area contributed by atoms with E-state index in [0.29, 0.717) is 11.5 Å². The van der Waals surface area contributed by atoms with Crippen molar-refractivity contribution in [3.8, 4) is 11.5 Å². The summed E-state index contributed by atoms with van der Waals surface area (Å²) in [7, 11) is 0. The van der Waals surface area contributed by atoms with Crippen molar-refractivity contribution in [3.05, 3.63) is 82.3 Å². The summed E-state index contributed by atoms with van der Waals surface area (Å²) in [6.45, 7) is 0. The minimum atomic E-state index is -4.71. The zero-order valence-corrected chi connectivity index (χ0v) is 13.2. The Morgan fingerprint density at radius 3 is 2.35 bits per heavy atom. The van der Waals surface area contributed by atoms with Crippen LogP contribution in [0.25, 0.3) is 11.5 Å². The second kappa shape index (κ2) is 6.91. The van der Waals surface area contributed by atoms with Crippen LogP contribution < -0.4 is 10.9 Å². The lowest BCUT2D eigenvalue weighted by atomic mass is 10.1. The number of aromatic amines is 1. The topological polar surface area (TPSA) is 75.1 Å². The number of furan rings is 1. The van der Waals surface area contributed by atoms with E-state index in [1.165, 1.54) is 36.6 Å². The number of halogens is 3. The third-order valence-corrected chi connectivity index (χ3v) is 3.68. The van der Waals surface area contributed by atoms with Crippen LogP contribution in [0, 0.1) is 0 Å². The molecule has 0 bridgehead atoms. The Kier molecular flexibility index (Phi) is 4.66. The third-order valence-electron chi connectivity index (χ3n) is 3.68. The number of hydrogen-bond acceptors (Lipinski definition) is 3. The Morgan fingerprint density at radius 2 is 1.77 bits per heavy atom. The van der Waals surface area contributed by atoms with Crippen LogP contribution in [0.4, 0.5) is 13.2 Å². The summed E-state index contributed by atoms with van der Waals surface area (Å²) >= 11 is 0. The van der Waals surface area contributed by atoms with Gasteiger partial charge in [-0.1, -0.05) is 30.3 Å². The number of rotatable bonds is 4. The molecule has 134 valence electrons. The number of H-pyrrole nitrogens is 1. The Balaban J connectivity index is 1.88. The molecule has 0 aliphatic carbocycles. The van der Waals surface area contributed by atoms with Gasteiger partial charge in [-0.25, -0.2) is 0 Å². The predicted molar refractivity (Wildman–Crippen MR) is 87.5 cm³/mol. The number of nitrogens with one attached hydrogen (secondary N) is 2. The summed E-state index contributed by atoms with van der Waals surface area (Å²) < 4.78 is 45.1. The minimum Gasteiger partial charge on any atom is -0.463 e. The van der Waals surface area contributed by atoms with Crippen LogP contribution in [0.5, 0.6) is 0 Å². The molecule has 2 N–H and O–H groups in total. The molecule has 0 aliphatic rings. The zero-order valence-electron chi connectivity index (χ0n) is 13.2. The van der Waals surface area contributed by atoms with Crippen molar-refractivity contribution in [1.29, 1.82) is 0 Å². The summed E-state index contributed by atoms with van der Waals surface area (Å²) in [4.78, 5) is 26.8. The molecule has 0 saturated carbocycles. The maximum Gasteiger partial charge on any atom is 0.412 e. The summed E-state index contributed by atoms with van der Waals surface area (Å²) in [6.07, 6.45) is -3.31. The average molecular weight is 362 g/mol. The molecule has 2 heterocycles. The molecule has 1 atom stereocenters. The van der Waals surface area contributed by atoms with Gasteiger partial charge in [0.25, 0.3) is 11.5 Å². The molecule has 0 aliphatic heterocycles. The lowest BCUT2D eigenvalue weighted by molar-refractivity contribution is -0.155. The summed E-state index contributed by atoms with van der Waals surface area (Å²) in [5.41, 5.74) is -1.06. The zero-order chi connectivity index (χ0) is 18.7. The van der Waals surface area contributed by atoms with E-state index >= 15 is 0 Å². The molecular formula is C18H13F3N2O3. The van der Waals surface area contributed by atoms with Crippen molar-refractivity contribution in [2.75, 3.05) is 0 Å². The van der Waals surface area contributed by atoms with E-state index in [-0.39, 0.29) is 5.56 Å². The second-order valence-electron chi connectivity index (χ2n) is 5.45. The van der Waals surface area contributed by atoms with Crippen LogP contribution in [-0.2, 0) is 0 Å². The Morgan fingerprint density at radius 1 is 1.04 bits per heavy atom. The van der Waals surface area contributed by atoms with Gasteiger partial charge < -0.3 is 14.7 Å². The fourth-order valence-corrected chi connectivity index (χ4v) is 2.44. The first-order chi connectivity index (χ1) is 12.4. The van der Waals surface area contributed by atoms with E-state index in [0.717, 1.165) is 6.07 Å². The highest BCUT2D eigenvalue weighted by molar-refractivity contribution is 5.94. The maximum atomic E-state index is 13.3. The van der Waals surface area contributed by atoms with E-state index in [1.807, 2.05) is 5.32 Å². The smallest absolute Gasteiger partial charge is 0.412 e. The molecule has 0 radical (unpaired) electrons. The highest BCUT2D eigenvalue weighted by Gasteiger charge is 2.42. The third kappa shape index (κ3) is 3.69. The number of pyridine rings is 1. The molecule has 26 heavy (non-hydrogen) atoms. The number of amides is 1. The monoisotopic (exact) mass is 362 g/mol. The molecule has 3 aromatic rings. The van der Waals surface area contributed by atoms with Crippen LogP contribution in [0.2, 0.25) is 0 Å². The fraction of sp³-hybridized carbons (Fsp3) is 0.111. The molecule has 0 fully saturated rings. The van der Waals surface area contributed by atoms with Gasteiger partial charge in [0, 0.05) is 0 Å². The summed E-state index contributed by atoms with van der Waals surface area (Å²) in [5, 5.41) is 1.88. The molecule has 1 amide bonds. The van der Waals surface area contributed by atoms with Gasteiger partial charge in [0.05, 0.1) is 12.0 Å². The van der Waals surface area contributed by atoms with Gasteiger partial charge in [-0.2, -0.15) is 13.2 Å². The first-order valence-electron chi connectivity index (χ1n) is 7.56. The van der Waals surface area contributed by atoms with Gasteiger partial charge in [-0.05, 0) is 29.8 Å². The van der Waals surface area contributed by atoms with Gasteiger partial charge in [0.1, 0.15) is 11.3 Å². The quantitative estimate of drug-likeness (QED) is 0.744. The van der Waals surface area contributed by atoms with E-state index in [2.05, 4.69) is 4.98 Å². The van der Waals surface area contributed by atoms with Crippen LogP contribution in [0.1, 0.15) is 22.0 Å². The van der Waals surface area contributed by atoms with E-state index in [1.54, 1.807) is 18.2 Å². The van der Waals surface area contributed by atoms with Crippen molar-refractivity contribution in [2.45, 2.75) is 12.2 Å². The highest BCUT2D eigenvalue weighted by Crippen LogP contribution is 2.32. The number of aromatic nitrogens is 1. The second-order valence-corrected chi connectivity index (χ2v) is 5.45. The van der Waals surface area contributed by atoms with Gasteiger partial charge in [0.2, 0.25) is 0 Å². The van der Waals surface area contributed by atoms with E-state index in [9.17, 15) is 22.8 Å². The number of hydrogen-bond donors (Lipinski definition) is 2. The number of benzene rings is 1. The number of carbonyl (C=O) groups excluding carboxylic acids is 1. The minimum absolute atomic E-state index is 0.128. The molecule has 5 nitrogen and oxygen atoms in total. The van der Waals surface area contributed by atoms with Gasteiger partial charge in [-0.3, -0.25) is 9.59 Å². The van der Waals surface area contributed by atoms with Crippen LogP contribution in [0.15, 0.2) is 70.1 Å². The van der Waals surface area contributed by atoms with Gasteiger partial charge >= 0.3 is 6.18 Å². The average Bonchev–Trinajstić information content (AvgIpc) is 3.13. The van der Waals surface area contributed by atoms with Crippen molar-refractivity contribution in [3.63, 3.8) is 0 Å². The first-order valence-corrected chi connectivity index (χ1v) is 7.56. The largest absolute Gasteiger partial charge is 0.463 e. The molecule has 3 rings (SSSR count). The van der Waals surface area contributed by atoms with E-state index < -0.39 is 29.2 Å². The normalized spacial score (nSPS) is 12.6.